The molecule has 0 spiro atoms. The molecule has 2 atom stereocenters. The van der Waals surface area contributed by atoms with Crippen LogP contribution in [0.15, 0.2) is 0 Å². The molecule has 3 heteroatoms. The normalized spacial score (nSPS) is 30.1. The third-order valence-corrected chi connectivity index (χ3v) is 5.40. The summed E-state index contributed by atoms with van der Waals surface area (Å²) < 4.78 is 0. The summed E-state index contributed by atoms with van der Waals surface area (Å²) in [6.07, 6.45) is 6.94. The van der Waals surface area contributed by atoms with E-state index in [0.29, 0.717) is 11.8 Å². The number of hydrogen-bond acceptors (Lipinski definition) is 2. The molecule has 1 aliphatic carbocycles. The molecule has 0 aromatic heterocycles. The number of amides is 1. The quantitative estimate of drug-likeness (QED) is 0.835. The lowest BCUT2D eigenvalue weighted by Gasteiger charge is -2.42. The highest BCUT2D eigenvalue weighted by Crippen LogP contribution is 2.41. The molecule has 0 aromatic rings. The lowest BCUT2D eigenvalue weighted by molar-refractivity contribution is -0.142. The summed E-state index contributed by atoms with van der Waals surface area (Å²) in [5.41, 5.74) is 6.16. The van der Waals surface area contributed by atoms with Gasteiger partial charge in [0.25, 0.3) is 0 Å². The summed E-state index contributed by atoms with van der Waals surface area (Å²) in [5.74, 6) is 1.25. The predicted molar refractivity (Wildman–Crippen MR) is 78.7 cm³/mol. The number of nitrogens with zero attached hydrogens (tertiary/aromatic N) is 1. The summed E-state index contributed by atoms with van der Waals surface area (Å²) in [4.78, 5) is 14.8. The summed E-state index contributed by atoms with van der Waals surface area (Å²) in [7, 11) is 0. The highest BCUT2D eigenvalue weighted by atomic mass is 16.2. The first kappa shape index (κ1) is 14.8. The van der Waals surface area contributed by atoms with Crippen LogP contribution < -0.4 is 5.73 Å². The molecule has 1 saturated heterocycles. The Bertz CT molecular complexity index is 317. The molecule has 1 saturated carbocycles. The van der Waals surface area contributed by atoms with Gasteiger partial charge in [-0.05, 0) is 43.9 Å². The Morgan fingerprint density at radius 3 is 2.37 bits per heavy atom. The van der Waals surface area contributed by atoms with Gasteiger partial charge in [-0.25, -0.2) is 0 Å². The van der Waals surface area contributed by atoms with Crippen molar-refractivity contribution in [3.05, 3.63) is 0 Å². The third-order valence-electron chi connectivity index (χ3n) is 5.40. The van der Waals surface area contributed by atoms with Crippen LogP contribution in [0.1, 0.15) is 59.3 Å². The van der Waals surface area contributed by atoms with E-state index in [1.165, 1.54) is 19.3 Å². The number of nitrogens with two attached hydrogens (primary N) is 1. The Morgan fingerprint density at radius 2 is 1.84 bits per heavy atom. The number of rotatable bonds is 2. The van der Waals surface area contributed by atoms with Crippen molar-refractivity contribution >= 4 is 5.91 Å². The second-order valence-corrected chi connectivity index (χ2v) is 7.31. The average molecular weight is 266 g/mol. The van der Waals surface area contributed by atoms with E-state index in [9.17, 15) is 4.79 Å². The van der Waals surface area contributed by atoms with Gasteiger partial charge in [0.2, 0.25) is 5.91 Å². The minimum atomic E-state index is 0.188. The van der Waals surface area contributed by atoms with Gasteiger partial charge in [0.1, 0.15) is 0 Å². The van der Waals surface area contributed by atoms with E-state index in [4.69, 9.17) is 5.73 Å². The molecule has 2 rings (SSSR count). The predicted octanol–water partition coefficient (Wildman–Crippen LogP) is 2.79. The summed E-state index contributed by atoms with van der Waals surface area (Å²) >= 11 is 0. The van der Waals surface area contributed by atoms with Crippen molar-refractivity contribution in [2.24, 2.45) is 23.0 Å². The summed E-state index contributed by atoms with van der Waals surface area (Å²) in [6, 6.07) is 0.267. The molecule has 2 N–H and O–H groups in total. The Balaban J connectivity index is 1.93. The molecule has 1 amide bonds. The zero-order valence-corrected chi connectivity index (χ0v) is 12.8. The van der Waals surface area contributed by atoms with Gasteiger partial charge in [-0.15, -0.1) is 0 Å². The first-order valence-electron chi connectivity index (χ1n) is 7.96. The maximum Gasteiger partial charge on any atom is 0.226 e. The van der Waals surface area contributed by atoms with Crippen LogP contribution in [0, 0.1) is 17.3 Å². The third kappa shape index (κ3) is 3.31. The topological polar surface area (TPSA) is 46.3 Å². The van der Waals surface area contributed by atoms with Crippen LogP contribution >= 0.6 is 0 Å². The van der Waals surface area contributed by atoms with Gasteiger partial charge in [-0.3, -0.25) is 4.79 Å². The monoisotopic (exact) mass is 266 g/mol. The van der Waals surface area contributed by atoms with Crippen molar-refractivity contribution in [1.82, 2.24) is 4.90 Å². The molecule has 1 aliphatic heterocycles. The number of likely N-dealkylation sites (tertiary alicyclic amines) is 1. The fourth-order valence-electron chi connectivity index (χ4n) is 3.82. The van der Waals surface area contributed by atoms with Crippen molar-refractivity contribution < 1.29 is 4.79 Å². The molecule has 2 fully saturated rings. The molecule has 0 radical (unpaired) electrons. The average Bonchev–Trinajstić information content (AvgIpc) is 2.37. The largest absolute Gasteiger partial charge is 0.342 e. The van der Waals surface area contributed by atoms with Gasteiger partial charge in [0.05, 0.1) is 0 Å². The molecule has 2 unspecified atom stereocenters. The van der Waals surface area contributed by atoms with E-state index in [1.807, 2.05) is 0 Å². The molecule has 3 nitrogen and oxygen atoms in total. The van der Waals surface area contributed by atoms with Gasteiger partial charge < -0.3 is 10.6 Å². The molecule has 1 heterocycles. The van der Waals surface area contributed by atoms with Gasteiger partial charge in [0.15, 0.2) is 0 Å². The Morgan fingerprint density at radius 1 is 1.21 bits per heavy atom. The van der Waals surface area contributed by atoms with Gasteiger partial charge >= 0.3 is 0 Å². The molecule has 0 bridgehead atoms. The first-order valence-corrected chi connectivity index (χ1v) is 7.96. The second kappa shape index (κ2) is 5.82. The molecule has 0 aromatic carbocycles. The van der Waals surface area contributed by atoms with E-state index in [2.05, 4.69) is 25.7 Å². The summed E-state index contributed by atoms with van der Waals surface area (Å²) in [6.45, 7) is 8.45. The Hall–Kier alpha value is -0.570. The molecular weight excluding hydrogens is 236 g/mol. The fourth-order valence-corrected chi connectivity index (χ4v) is 3.82. The van der Waals surface area contributed by atoms with Gasteiger partial charge in [-0.1, -0.05) is 26.7 Å². The minimum absolute atomic E-state index is 0.188. The maximum atomic E-state index is 12.7. The van der Waals surface area contributed by atoms with E-state index < -0.39 is 0 Å². The number of carbonyl (C=O) groups excluding carboxylic acids is 1. The second-order valence-electron chi connectivity index (χ2n) is 7.31. The number of carbonyl (C=O) groups is 1. The lowest BCUT2D eigenvalue weighted by Crippen LogP contribution is -2.48. The van der Waals surface area contributed by atoms with Crippen molar-refractivity contribution in [3.8, 4) is 0 Å². The van der Waals surface area contributed by atoms with Crippen molar-refractivity contribution in [3.63, 3.8) is 0 Å². The van der Waals surface area contributed by atoms with E-state index in [1.54, 1.807) is 0 Å². The molecule has 19 heavy (non-hydrogen) atoms. The standard InChI is InChI=1S/C16H30N2O/c1-12(17)13-7-10-18(11-8-13)15(19)14-6-4-5-9-16(14,2)3/h12-14H,4-11,17H2,1-3H3. The number of piperidine rings is 1. The smallest absolute Gasteiger partial charge is 0.226 e. The summed E-state index contributed by atoms with van der Waals surface area (Å²) in [5, 5.41) is 0. The lowest BCUT2D eigenvalue weighted by atomic mass is 9.68. The van der Waals surface area contributed by atoms with E-state index in [-0.39, 0.29) is 17.4 Å². The van der Waals surface area contributed by atoms with Crippen molar-refractivity contribution in [2.75, 3.05) is 13.1 Å². The van der Waals surface area contributed by atoms with Crippen LogP contribution in [0.3, 0.4) is 0 Å². The highest BCUT2D eigenvalue weighted by molar-refractivity contribution is 5.79. The van der Waals surface area contributed by atoms with Crippen LogP contribution in [-0.2, 0) is 4.79 Å². The maximum absolute atomic E-state index is 12.7. The highest BCUT2D eigenvalue weighted by Gasteiger charge is 2.39. The zero-order chi connectivity index (χ0) is 14.0. The number of hydrogen-bond donors (Lipinski definition) is 1. The van der Waals surface area contributed by atoms with E-state index >= 15 is 0 Å². The van der Waals surface area contributed by atoms with Crippen LogP contribution in [0.2, 0.25) is 0 Å². The minimum Gasteiger partial charge on any atom is -0.342 e. The Kier molecular flexibility index (Phi) is 4.54. The van der Waals surface area contributed by atoms with Crippen LogP contribution in [0.4, 0.5) is 0 Å². The van der Waals surface area contributed by atoms with Gasteiger partial charge in [0, 0.05) is 25.0 Å². The zero-order valence-electron chi connectivity index (χ0n) is 12.8. The van der Waals surface area contributed by atoms with Crippen LogP contribution in [0.25, 0.3) is 0 Å². The van der Waals surface area contributed by atoms with Gasteiger partial charge in [-0.2, -0.15) is 0 Å². The molecule has 110 valence electrons. The van der Waals surface area contributed by atoms with Crippen LogP contribution in [0.5, 0.6) is 0 Å². The van der Waals surface area contributed by atoms with Crippen molar-refractivity contribution in [1.29, 1.82) is 0 Å². The fraction of sp³-hybridized carbons (Fsp3) is 0.938. The van der Waals surface area contributed by atoms with Crippen molar-refractivity contribution in [2.45, 2.75) is 65.3 Å². The van der Waals surface area contributed by atoms with E-state index in [0.717, 1.165) is 32.4 Å². The SMILES string of the molecule is CC(N)C1CCN(C(=O)C2CCCCC2(C)C)CC1. The molecule has 2 aliphatic rings. The van der Waals surface area contributed by atoms with Crippen LogP contribution in [-0.4, -0.2) is 29.9 Å². The first-order chi connectivity index (χ1) is 8.92. The Labute approximate surface area is 117 Å². The molecular formula is C16H30N2O.